The predicted octanol–water partition coefficient (Wildman–Crippen LogP) is 5.01. The second-order valence-electron chi connectivity index (χ2n) is 13.3. The number of fused-ring (bicyclic) bond motifs is 2. The number of H-pyrrole nitrogens is 2. The van der Waals surface area contributed by atoms with Gasteiger partial charge in [-0.3, -0.25) is 9.59 Å². The summed E-state index contributed by atoms with van der Waals surface area (Å²) < 4.78 is 10.3. The van der Waals surface area contributed by atoms with Gasteiger partial charge in [0.2, 0.25) is 11.1 Å². The molecule has 0 aliphatic carbocycles. The molecule has 57 heavy (non-hydrogen) atoms. The SMILES string of the molecule is COc1ccc(C[C@@H](C)NC[C@H](O)c2ccc(O)c3[nH]c(=O)ccc23)cc1.COc1ccc(C[C@@H](C)NC[C@H](O)c2ccc(O)c3[nH]c(=O)ccc23)cc1.Cl.Cl.O. The van der Waals surface area contributed by atoms with Gasteiger partial charge < -0.3 is 56.0 Å². The molecule has 15 heteroatoms. The van der Waals surface area contributed by atoms with Gasteiger partial charge >= 0.3 is 0 Å². The summed E-state index contributed by atoms with van der Waals surface area (Å²) in [5.74, 6) is 1.62. The molecule has 0 saturated carbocycles. The van der Waals surface area contributed by atoms with E-state index in [0.717, 1.165) is 24.3 Å². The number of aromatic hydroxyl groups is 2. The molecule has 2 heterocycles. The summed E-state index contributed by atoms with van der Waals surface area (Å²) in [7, 11) is 3.28. The first-order chi connectivity index (χ1) is 25.9. The first kappa shape index (κ1) is 48.0. The van der Waals surface area contributed by atoms with Gasteiger partial charge in [-0.15, -0.1) is 24.8 Å². The van der Waals surface area contributed by atoms with E-state index in [1.165, 1.54) is 35.4 Å². The van der Waals surface area contributed by atoms with Gasteiger partial charge in [-0.2, -0.15) is 0 Å². The first-order valence-electron chi connectivity index (χ1n) is 17.7. The standard InChI is InChI=1S/2C21H24N2O4.2ClH.H2O/c2*1-13(11-14-3-5-15(27-2)6-4-14)22-12-19(25)16-7-9-18(24)21-17(16)8-10-20(26)23-21;;;/h2*3-10,13,19,22,24-25H,11-12H2,1-2H3,(H,23,26);2*1H;1H2/t2*13-,19+;;;/m11.../s1. The average molecular weight is 828 g/mol. The zero-order valence-electron chi connectivity index (χ0n) is 32.1. The van der Waals surface area contributed by atoms with Crippen LogP contribution < -0.4 is 31.2 Å². The highest BCUT2D eigenvalue weighted by molar-refractivity contribution is 5.88. The highest BCUT2D eigenvalue weighted by atomic mass is 35.5. The molecule has 0 bridgehead atoms. The number of rotatable bonds is 14. The number of methoxy groups -OCH3 is 2. The Labute approximate surface area is 342 Å². The van der Waals surface area contributed by atoms with Gasteiger partial charge in [0.05, 0.1) is 37.5 Å². The Morgan fingerprint density at radius 3 is 1.25 bits per heavy atom. The van der Waals surface area contributed by atoms with Crippen LogP contribution in [0.5, 0.6) is 23.0 Å². The number of nitrogens with one attached hydrogen (secondary N) is 4. The Kier molecular flexibility index (Phi) is 19.0. The summed E-state index contributed by atoms with van der Waals surface area (Å²) >= 11 is 0. The van der Waals surface area contributed by atoms with E-state index in [9.17, 15) is 30.0 Å². The fourth-order valence-electron chi connectivity index (χ4n) is 6.32. The quantitative estimate of drug-likeness (QED) is 0.0734. The van der Waals surface area contributed by atoms with Crippen LogP contribution in [0.3, 0.4) is 0 Å². The number of benzene rings is 4. The molecule has 4 atom stereocenters. The van der Waals surface area contributed by atoms with E-state index >= 15 is 0 Å². The molecule has 0 spiro atoms. The van der Waals surface area contributed by atoms with Crippen LogP contribution >= 0.6 is 24.8 Å². The van der Waals surface area contributed by atoms with Gasteiger partial charge in [-0.05, 0) is 97.5 Å². The number of ether oxygens (including phenoxy) is 2. The molecule has 308 valence electrons. The van der Waals surface area contributed by atoms with E-state index in [2.05, 4.69) is 34.4 Å². The van der Waals surface area contributed by atoms with Crippen molar-refractivity contribution in [1.29, 1.82) is 0 Å². The Bertz CT molecular complexity index is 2110. The van der Waals surface area contributed by atoms with Gasteiger partial charge in [0.15, 0.2) is 0 Å². The van der Waals surface area contributed by atoms with Gasteiger partial charge in [0.1, 0.15) is 23.0 Å². The van der Waals surface area contributed by atoms with Crippen molar-refractivity contribution in [1.82, 2.24) is 20.6 Å². The minimum Gasteiger partial charge on any atom is -0.506 e. The number of phenols is 2. The van der Waals surface area contributed by atoms with Crippen molar-refractivity contribution in [2.24, 2.45) is 0 Å². The van der Waals surface area contributed by atoms with E-state index in [1.54, 1.807) is 38.5 Å². The van der Waals surface area contributed by atoms with E-state index in [0.29, 0.717) is 46.0 Å². The summed E-state index contributed by atoms with van der Waals surface area (Å²) in [5.41, 5.74) is 3.75. The summed E-state index contributed by atoms with van der Waals surface area (Å²) in [5, 5.41) is 49.0. The molecule has 2 aromatic heterocycles. The lowest BCUT2D eigenvalue weighted by molar-refractivity contribution is 0.172. The summed E-state index contributed by atoms with van der Waals surface area (Å²) in [6.07, 6.45) is 0.107. The Morgan fingerprint density at radius 1 is 0.561 bits per heavy atom. The second-order valence-corrected chi connectivity index (χ2v) is 13.3. The third-order valence-electron chi connectivity index (χ3n) is 9.25. The fourth-order valence-corrected chi connectivity index (χ4v) is 6.32. The van der Waals surface area contributed by atoms with E-state index in [4.69, 9.17) is 9.47 Å². The monoisotopic (exact) mass is 826 g/mol. The Morgan fingerprint density at radius 2 is 0.912 bits per heavy atom. The van der Waals surface area contributed by atoms with E-state index < -0.39 is 12.2 Å². The molecule has 6 rings (SSSR count). The maximum absolute atomic E-state index is 11.5. The zero-order chi connectivity index (χ0) is 38.8. The number of halogens is 2. The summed E-state index contributed by atoms with van der Waals surface area (Å²) in [6, 6.07) is 28.5. The third-order valence-corrected chi connectivity index (χ3v) is 9.25. The van der Waals surface area contributed by atoms with Crippen molar-refractivity contribution >= 4 is 46.6 Å². The lowest BCUT2D eigenvalue weighted by Crippen LogP contribution is -2.32. The Hall–Kier alpha value is -5.12. The molecule has 10 N–H and O–H groups in total. The molecule has 0 aliphatic heterocycles. The molecule has 4 aromatic carbocycles. The largest absolute Gasteiger partial charge is 0.506 e. The third kappa shape index (κ3) is 13.0. The van der Waals surface area contributed by atoms with Crippen molar-refractivity contribution in [3.8, 4) is 23.0 Å². The predicted molar refractivity (Wildman–Crippen MR) is 229 cm³/mol. The Balaban J connectivity index is 0.000000374. The van der Waals surface area contributed by atoms with Crippen LogP contribution in [0.1, 0.15) is 48.3 Å². The number of hydrogen-bond acceptors (Lipinski definition) is 10. The summed E-state index contributed by atoms with van der Waals surface area (Å²) in [4.78, 5) is 28.2. The topological polar surface area (TPSA) is 221 Å². The zero-order valence-corrected chi connectivity index (χ0v) is 33.7. The minimum atomic E-state index is -0.766. The van der Waals surface area contributed by atoms with E-state index in [1.807, 2.05) is 48.5 Å². The number of phenolic OH excluding ortho intramolecular Hbond substituents is 2. The molecular weight excluding hydrogens is 775 g/mol. The average Bonchev–Trinajstić information content (AvgIpc) is 3.17. The van der Waals surface area contributed by atoms with Gasteiger partial charge in [-0.1, -0.05) is 36.4 Å². The van der Waals surface area contributed by atoms with Crippen LogP contribution in [-0.2, 0) is 12.8 Å². The molecule has 13 nitrogen and oxygen atoms in total. The molecule has 0 aliphatic rings. The van der Waals surface area contributed by atoms with Crippen LogP contribution in [0.4, 0.5) is 0 Å². The number of hydrogen-bond donors (Lipinski definition) is 8. The number of aromatic amines is 2. The van der Waals surface area contributed by atoms with Crippen molar-refractivity contribution in [2.45, 2.75) is 51.0 Å². The highest BCUT2D eigenvalue weighted by Gasteiger charge is 2.17. The van der Waals surface area contributed by atoms with Crippen molar-refractivity contribution < 1.29 is 35.4 Å². The highest BCUT2D eigenvalue weighted by Crippen LogP contribution is 2.30. The first-order valence-corrected chi connectivity index (χ1v) is 17.7. The van der Waals surface area contributed by atoms with Crippen LogP contribution in [0.25, 0.3) is 21.8 Å². The maximum Gasteiger partial charge on any atom is 0.248 e. The molecule has 0 fully saturated rings. The molecule has 6 aromatic rings. The minimum absolute atomic E-state index is 0. The van der Waals surface area contributed by atoms with Crippen molar-refractivity contribution in [3.05, 3.63) is 140 Å². The molecule has 0 radical (unpaired) electrons. The van der Waals surface area contributed by atoms with Crippen LogP contribution in [0, 0.1) is 0 Å². The maximum atomic E-state index is 11.5. The normalized spacial score (nSPS) is 12.7. The molecule has 0 unspecified atom stereocenters. The van der Waals surface area contributed by atoms with Crippen molar-refractivity contribution in [3.63, 3.8) is 0 Å². The van der Waals surface area contributed by atoms with Crippen molar-refractivity contribution in [2.75, 3.05) is 27.3 Å². The number of aliphatic hydroxyl groups is 2. The fraction of sp³-hybridized carbons (Fsp3) is 0.286. The molecule has 0 amide bonds. The van der Waals surface area contributed by atoms with Crippen LogP contribution in [0.15, 0.2) is 107 Å². The molecule has 0 saturated heterocycles. The number of pyridine rings is 2. The number of aliphatic hydroxyl groups excluding tert-OH is 2. The van der Waals surface area contributed by atoms with Gasteiger partial charge in [0, 0.05) is 48.1 Å². The smallest absolute Gasteiger partial charge is 0.248 e. The van der Waals surface area contributed by atoms with Crippen LogP contribution in [-0.4, -0.2) is 75.3 Å². The van der Waals surface area contributed by atoms with Crippen LogP contribution in [0.2, 0.25) is 0 Å². The van der Waals surface area contributed by atoms with Gasteiger partial charge in [-0.25, -0.2) is 0 Å². The number of aromatic nitrogens is 2. The summed E-state index contributed by atoms with van der Waals surface area (Å²) in [6.45, 7) is 4.83. The van der Waals surface area contributed by atoms with Gasteiger partial charge in [0.25, 0.3) is 0 Å². The lowest BCUT2D eigenvalue weighted by atomic mass is 10.0. The molecular formula is C42H52Cl2N4O9. The lowest BCUT2D eigenvalue weighted by Gasteiger charge is -2.19. The second kappa shape index (κ2) is 22.6. The van der Waals surface area contributed by atoms with E-state index in [-0.39, 0.29) is 65.0 Å².